The third kappa shape index (κ3) is 3.58. The third-order valence-electron chi connectivity index (χ3n) is 3.44. The summed E-state index contributed by atoms with van der Waals surface area (Å²) < 4.78 is 5.79. The van der Waals surface area contributed by atoms with Crippen LogP contribution in [0.15, 0.2) is 59.0 Å². The smallest absolute Gasteiger partial charge is 0.303 e. The van der Waals surface area contributed by atoms with Crippen molar-refractivity contribution in [1.29, 1.82) is 0 Å². The van der Waals surface area contributed by atoms with Gasteiger partial charge >= 0.3 is 5.97 Å². The number of benzene rings is 2. The van der Waals surface area contributed by atoms with Crippen molar-refractivity contribution in [1.82, 2.24) is 0 Å². The Kier molecular flexibility index (Phi) is 4.10. The number of hydrogen-bond acceptors (Lipinski definition) is 3. The van der Waals surface area contributed by atoms with Crippen LogP contribution in [0.3, 0.4) is 0 Å². The number of anilines is 1. The summed E-state index contributed by atoms with van der Waals surface area (Å²) in [5.41, 5.74) is 2.36. The minimum absolute atomic E-state index is 0.0410. The van der Waals surface area contributed by atoms with E-state index in [0.717, 1.165) is 22.3 Å². The van der Waals surface area contributed by atoms with Crippen molar-refractivity contribution in [3.63, 3.8) is 0 Å². The van der Waals surface area contributed by atoms with Gasteiger partial charge in [0, 0.05) is 23.1 Å². The Labute approximate surface area is 132 Å². The zero-order valence-corrected chi connectivity index (χ0v) is 12.3. The van der Waals surface area contributed by atoms with E-state index < -0.39 is 5.97 Å². The Morgan fingerprint density at radius 2 is 1.74 bits per heavy atom. The average molecular weight is 309 g/mol. The standard InChI is InChI=1S/C18H15NO4/c20-17(9-10-18(21)22)19-14-7-5-12(6-8-14)16-11-13-3-1-2-4-15(13)23-16/h1-8,11H,9-10H2,(H,19,20)(H,21,22). The zero-order chi connectivity index (χ0) is 16.2. The fourth-order valence-electron chi connectivity index (χ4n) is 2.29. The molecule has 1 aromatic heterocycles. The molecule has 0 spiro atoms. The molecule has 0 radical (unpaired) electrons. The number of hydrogen-bond donors (Lipinski definition) is 2. The molecule has 1 amide bonds. The molecule has 0 unspecified atom stereocenters. The van der Waals surface area contributed by atoms with Crippen molar-refractivity contribution in [2.45, 2.75) is 12.8 Å². The van der Waals surface area contributed by atoms with Crippen molar-refractivity contribution in [3.05, 3.63) is 54.6 Å². The van der Waals surface area contributed by atoms with Gasteiger partial charge in [-0.25, -0.2) is 0 Å². The van der Waals surface area contributed by atoms with Gasteiger partial charge in [0.1, 0.15) is 11.3 Å². The second-order valence-electron chi connectivity index (χ2n) is 5.17. The summed E-state index contributed by atoms with van der Waals surface area (Å²) in [7, 11) is 0. The highest BCUT2D eigenvalue weighted by atomic mass is 16.4. The molecule has 0 aliphatic heterocycles. The number of rotatable bonds is 5. The molecule has 0 fully saturated rings. The molecule has 0 saturated heterocycles. The van der Waals surface area contributed by atoms with E-state index in [1.807, 2.05) is 42.5 Å². The van der Waals surface area contributed by atoms with E-state index in [2.05, 4.69) is 5.32 Å². The first-order valence-electron chi connectivity index (χ1n) is 7.22. The van der Waals surface area contributed by atoms with Gasteiger partial charge in [-0.2, -0.15) is 0 Å². The zero-order valence-electron chi connectivity index (χ0n) is 12.3. The van der Waals surface area contributed by atoms with Crippen LogP contribution in [0.4, 0.5) is 5.69 Å². The molecular formula is C18H15NO4. The Bertz CT molecular complexity index is 816. The number of furan rings is 1. The maximum atomic E-state index is 11.6. The summed E-state index contributed by atoms with van der Waals surface area (Å²) in [5.74, 6) is -0.542. The Morgan fingerprint density at radius 1 is 1.00 bits per heavy atom. The SMILES string of the molecule is O=C(O)CCC(=O)Nc1ccc(-c2cc3ccccc3o2)cc1. The van der Waals surface area contributed by atoms with E-state index in [1.54, 1.807) is 12.1 Å². The van der Waals surface area contributed by atoms with Gasteiger partial charge in [0.25, 0.3) is 0 Å². The third-order valence-corrected chi connectivity index (χ3v) is 3.44. The van der Waals surface area contributed by atoms with Crippen molar-refractivity contribution in [2.75, 3.05) is 5.32 Å². The second kappa shape index (κ2) is 6.36. The van der Waals surface area contributed by atoms with Gasteiger partial charge in [0.15, 0.2) is 0 Å². The lowest BCUT2D eigenvalue weighted by Gasteiger charge is -2.05. The summed E-state index contributed by atoms with van der Waals surface area (Å²) in [6.07, 6.45) is -0.219. The monoisotopic (exact) mass is 309 g/mol. The lowest BCUT2D eigenvalue weighted by Crippen LogP contribution is -2.12. The van der Waals surface area contributed by atoms with E-state index in [0.29, 0.717) is 5.69 Å². The largest absolute Gasteiger partial charge is 0.481 e. The maximum Gasteiger partial charge on any atom is 0.303 e. The van der Waals surface area contributed by atoms with Crippen molar-refractivity contribution in [2.24, 2.45) is 0 Å². The summed E-state index contributed by atoms with van der Waals surface area (Å²) in [5, 5.41) is 12.3. The molecule has 3 aromatic rings. The van der Waals surface area contributed by atoms with E-state index in [1.165, 1.54) is 0 Å². The van der Waals surface area contributed by atoms with Crippen molar-refractivity contribution in [3.8, 4) is 11.3 Å². The molecule has 23 heavy (non-hydrogen) atoms. The maximum absolute atomic E-state index is 11.6. The molecule has 2 N–H and O–H groups in total. The molecule has 1 heterocycles. The number of para-hydroxylation sites is 1. The van der Waals surface area contributed by atoms with Gasteiger partial charge in [-0.05, 0) is 36.4 Å². The van der Waals surface area contributed by atoms with Gasteiger partial charge in [0.05, 0.1) is 6.42 Å². The number of carbonyl (C=O) groups excluding carboxylic acids is 1. The molecule has 0 aliphatic carbocycles. The minimum atomic E-state index is -0.986. The van der Waals surface area contributed by atoms with Crippen LogP contribution in [0.2, 0.25) is 0 Å². The van der Waals surface area contributed by atoms with Gasteiger partial charge in [-0.1, -0.05) is 18.2 Å². The number of carbonyl (C=O) groups is 2. The number of nitrogens with one attached hydrogen (secondary N) is 1. The van der Waals surface area contributed by atoms with Gasteiger partial charge < -0.3 is 14.8 Å². The molecule has 0 aliphatic rings. The quantitative estimate of drug-likeness (QED) is 0.749. The highest BCUT2D eigenvalue weighted by Gasteiger charge is 2.08. The Morgan fingerprint density at radius 3 is 2.43 bits per heavy atom. The summed E-state index contributed by atoms with van der Waals surface area (Å²) in [4.78, 5) is 22.0. The molecule has 3 rings (SSSR count). The summed E-state index contributed by atoms with van der Waals surface area (Å²) in [6, 6.07) is 17.0. The molecule has 2 aromatic carbocycles. The predicted octanol–water partition coefficient (Wildman–Crippen LogP) is 3.90. The minimum Gasteiger partial charge on any atom is -0.481 e. The number of carboxylic acid groups (broad SMARTS) is 1. The highest BCUT2D eigenvalue weighted by molar-refractivity contribution is 5.92. The lowest BCUT2D eigenvalue weighted by atomic mass is 10.1. The molecule has 0 bridgehead atoms. The first kappa shape index (κ1) is 14.8. The Balaban J connectivity index is 1.71. The fourth-order valence-corrected chi connectivity index (χ4v) is 2.29. The molecule has 0 atom stereocenters. The van der Waals surface area contributed by atoms with Crippen LogP contribution in [0.25, 0.3) is 22.3 Å². The number of fused-ring (bicyclic) bond motifs is 1. The predicted molar refractivity (Wildman–Crippen MR) is 87.1 cm³/mol. The van der Waals surface area contributed by atoms with Gasteiger partial charge in [0.2, 0.25) is 5.91 Å². The molecule has 5 nitrogen and oxygen atoms in total. The van der Waals surface area contributed by atoms with Crippen LogP contribution in [0.1, 0.15) is 12.8 Å². The first-order valence-corrected chi connectivity index (χ1v) is 7.22. The Hall–Kier alpha value is -3.08. The lowest BCUT2D eigenvalue weighted by molar-refractivity contribution is -0.138. The van der Waals surface area contributed by atoms with Crippen LogP contribution in [-0.2, 0) is 9.59 Å². The molecule has 0 saturated carbocycles. The molecule has 116 valence electrons. The number of aliphatic carboxylic acids is 1. The van der Waals surface area contributed by atoms with Crippen molar-refractivity contribution < 1.29 is 19.1 Å². The highest BCUT2D eigenvalue weighted by Crippen LogP contribution is 2.28. The van der Waals surface area contributed by atoms with Crippen molar-refractivity contribution >= 4 is 28.5 Å². The van der Waals surface area contributed by atoms with Crippen LogP contribution in [0.5, 0.6) is 0 Å². The van der Waals surface area contributed by atoms with Crippen LogP contribution < -0.4 is 5.32 Å². The van der Waals surface area contributed by atoms with Crippen LogP contribution in [-0.4, -0.2) is 17.0 Å². The second-order valence-corrected chi connectivity index (χ2v) is 5.17. The normalized spacial score (nSPS) is 10.6. The van der Waals surface area contributed by atoms with Crippen LogP contribution >= 0.6 is 0 Å². The molecular weight excluding hydrogens is 294 g/mol. The van der Waals surface area contributed by atoms with E-state index in [-0.39, 0.29) is 18.7 Å². The van der Waals surface area contributed by atoms with E-state index >= 15 is 0 Å². The topological polar surface area (TPSA) is 79.5 Å². The first-order chi connectivity index (χ1) is 11.1. The number of amides is 1. The van der Waals surface area contributed by atoms with E-state index in [9.17, 15) is 9.59 Å². The summed E-state index contributed by atoms with van der Waals surface area (Å²) >= 11 is 0. The summed E-state index contributed by atoms with van der Waals surface area (Å²) in [6.45, 7) is 0. The average Bonchev–Trinajstić information content (AvgIpc) is 2.97. The van der Waals surface area contributed by atoms with Gasteiger partial charge in [-0.3, -0.25) is 9.59 Å². The van der Waals surface area contributed by atoms with E-state index in [4.69, 9.17) is 9.52 Å². The van der Waals surface area contributed by atoms with Gasteiger partial charge in [-0.15, -0.1) is 0 Å². The number of carboxylic acids is 1. The van der Waals surface area contributed by atoms with Crippen LogP contribution in [0, 0.1) is 0 Å². The molecule has 5 heteroatoms. The fraction of sp³-hybridized carbons (Fsp3) is 0.111.